The van der Waals surface area contributed by atoms with Crippen molar-refractivity contribution < 1.29 is 8.81 Å². The van der Waals surface area contributed by atoms with Crippen molar-refractivity contribution in [3.05, 3.63) is 77.3 Å². The number of hydrogen-bond donors (Lipinski definition) is 1. The molecule has 0 aliphatic rings. The van der Waals surface area contributed by atoms with Gasteiger partial charge in [-0.2, -0.15) is 0 Å². The number of benzene rings is 2. The highest BCUT2D eigenvalue weighted by Crippen LogP contribution is 2.24. The molecule has 0 aliphatic carbocycles. The van der Waals surface area contributed by atoms with Gasteiger partial charge in [-0.25, -0.2) is 4.39 Å². The van der Waals surface area contributed by atoms with E-state index in [1.807, 2.05) is 36.4 Å². The number of halogens is 2. The van der Waals surface area contributed by atoms with Crippen molar-refractivity contribution in [3.63, 3.8) is 0 Å². The average Bonchev–Trinajstić information content (AvgIpc) is 2.96. The van der Waals surface area contributed by atoms with Gasteiger partial charge >= 0.3 is 0 Å². The summed E-state index contributed by atoms with van der Waals surface area (Å²) >= 11 is 5.87. The molecule has 2 aromatic carbocycles. The molecule has 0 aliphatic heterocycles. The maximum atomic E-state index is 12.8. The molecule has 0 saturated heterocycles. The fourth-order valence-electron chi connectivity index (χ4n) is 2.00. The summed E-state index contributed by atoms with van der Waals surface area (Å²) in [6, 6.07) is 17.6. The third-order valence-electron chi connectivity index (χ3n) is 3.10. The van der Waals surface area contributed by atoms with Gasteiger partial charge < -0.3 is 9.73 Å². The quantitative estimate of drug-likeness (QED) is 0.702. The number of furan rings is 1. The van der Waals surface area contributed by atoms with E-state index in [0.29, 0.717) is 11.6 Å². The molecule has 0 radical (unpaired) electrons. The molecule has 21 heavy (non-hydrogen) atoms. The van der Waals surface area contributed by atoms with Crippen LogP contribution in [-0.4, -0.2) is 0 Å². The van der Waals surface area contributed by atoms with Gasteiger partial charge in [-0.05, 0) is 60.7 Å². The molecule has 3 aromatic rings. The molecule has 0 saturated carbocycles. The van der Waals surface area contributed by atoms with E-state index >= 15 is 0 Å². The van der Waals surface area contributed by atoms with Crippen LogP contribution in [-0.2, 0) is 6.54 Å². The van der Waals surface area contributed by atoms with Crippen molar-refractivity contribution >= 4 is 17.3 Å². The first-order chi connectivity index (χ1) is 10.2. The predicted molar refractivity (Wildman–Crippen MR) is 82.9 cm³/mol. The van der Waals surface area contributed by atoms with Crippen LogP contribution in [0.2, 0.25) is 5.02 Å². The third-order valence-corrected chi connectivity index (χ3v) is 3.35. The molecule has 4 heteroatoms. The fourth-order valence-corrected chi connectivity index (χ4v) is 2.13. The van der Waals surface area contributed by atoms with Crippen LogP contribution in [0.4, 0.5) is 10.1 Å². The zero-order chi connectivity index (χ0) is 14.7. The lowest BCUT2D eigenvalue weighted by molar-refractivity contribution is 0.531. The minimum Gasteiger partial charge on any atom is -0.459 e. The third kappa shape index (κ3) is 3.44. The molecule has 0 unspecified atom stereocenters. The first-order valence-corrected chi connectivity index (χ1v) is 6.92. The molecule has 0 atom stereocenters. The van der Waals surface area contributed by atoms with Gasteiger partial charge in [-0.15, -0.1) is 0 Å². The molecule has 1 heterocycles. The van der Waals surface area contributed by atoms with Crippen molar-refractivity contribution in [3.8, 4) is 11.3 Å². The first kappa shape index (κ1) is 13.7. The zero-order valence-electron chi connectivity index (χ0n) is 11.1. The molecule has 0 fully saturated rings. The minimum absolute atomic E-state index is 0.247. The van der Waals surface area contributed by atoms with Crippen molar-refractivity contribution in [2.75, 3.05) is 5.32 Å². The van der Waals surface area contributed by atoms with Gasteiger partial charge in [0, 0.05) is 16.3 Å². The number of anilines is 1. The highest BCUT2D eigenvalue weighted by Gasteiger charge is 2.05. The van der Waals surface area contributed by atoms with Crippen molar-refractivity contribution in [2.24, 2.45) is 0 Å². The summed E-state index contributed by atoms with van der Waals surface area (Å²) in [7, 11) is 0. The van der Waals surface area contributed by atoms with Crippen LogP contribution in [0.15, 0.2) is 65.1 Å². The second kappa shape index (κ2) is 6.02. The Labute approximate surface area is 127 Å². The summed E-state index contributed by atoms with van der Waals surface area (Å²) in [4.78, 5) is 0. The van der Waals surface area contributed by atoms with Crippen LogP contribution in [0.1, 0.15) is 5.76 Å². The van der Waals surface area contributed by atoms with Crippen LogP contribution in [0.25, 0.3) is 11.3 Å². The van der Waals surface area contributed by atoms with E-state index in [1.165, 1.54) is 12.1 Å². The van der Waals surface area contributed by atoms with Gasteiger partial charge in [0.15, 0.2) is 0 Å². The Balaban J connectivity index is 1.67. The van der Waals surface area contributed by atoms with Crippen molar-refractivity contribution in [1.82, 2.24) is 0 Å². The lowest BCUT2D eigenvalue weighted by Gasteiger charge is -2.04. The highest BCUT2D eigenvalue weighted by atomic mass is 35.5. The van der Waals surface area contributed by atoms with Crippen LogP contribution in [0, 0.1) is 5.82 Å². The van der Waals surface area contributed by atoms with Crippen LogP contribution >= 0.6 is 11.6 Å². The Morgan fingerprint density at radius 1 is 0.905 bits per heavy atom. The first-order valence-electron chi connectivity index (χ1n) is 6.55. The molecule has 1 aromatic heterocycles. The maximum Gasteiger partial charge on any atom is 0.134 e. The molecular formula is C17H13ClFNO. The van der Waals surface area contributed by atoms with E-state index in [0.717, 1.165) is 22.8 Å². The van der Waals surface area contributed by atoms with E-state index in [2.05, 4.69) is 5.32 Å². The molecule has 0 amide bonds. The van der Waals surface area contributed by atoms with Gasteiger partial charge in [-0.1, -0.05) is 11.6 Å². The zero-order valence-corrected chi connectivity index (χ0v) is 11.9. The number of hydrogen-bond acceptors (Lipinski definition) is 2. The fraction of sp³-hybridized carbons (Fsp3) is 0.0588. The van der Waals surface area contributed by atoms with Gasteiger partial charge in [0.2, 0.25) is 0 Å². The van der Waals surface area contributed by atoms with Crippen LogP contribution in [0.3, 0.4) is 0 Å². The minimum atomic E-state index is -0.247. The Kier molecular flexibility index (Phi) is 3.93. The Bertz CT molecular complexity index is 719. The van der Waals surface area contributed by atoms with Crippen LogP contribution < -0.4 is 5.32 Å². The second-order valence-corrected chi connectivity index (χ2v) is 5.07. The van der Waals surface area contributed by atoms with Gasteiger partial charge in [0.05, 0.1) is 6.54 Å². The SMILES string of the molecule is Fc1ccc(NCc2ccc(-c3ccc(Cl)cc3)o2)cc1. The lowest BCUT2D eigenvalue weighted by atomic mass is 10.2. The topological polar surface area (TPSA) is 25.2 Å². The lowest BCUT2D eigenvalue weighted by Crippen LogP contribution is -1.97. The van der Waals surface area contributed by atoms with E-state index in [4.69, 9.17) is 16.0 Å². The van der Waals surface area contributed by atoms with Crippen LogP contribution in [0.5, 0.6) is 0 Å². The number of rotatable bonds is 4. The normalized spacial score (nSPS) is 10.6. The van der Waals surface area contributed by atoms with E-state index < -0.39 is 0 Å². The summed E-state index contributed by atoms with van der Waals surface area (Å²) in [6.07, 6.45) is 0. The summed E-state index contributed by atoms with van der Waals surface area (Å²) in [5, 5.41) is 3.88. The van der Waals surface area contributed by atoms with Crippen molar-refractivity contribution in [2.45, 2.75) is 6.54 Å². The summed E-state index contributed by atoms with van der Waals surface area (Å²) in [5.74, 6) is 1.36. The second-order valence-electron chi connectivity index (χ2n) is 4.63. The van der Waals surface area contributed by atoms with E-state index in [-0.39, 0.29) is 5.82 Å². The molecule has 3 rings (SSSR count). The average molecular weight is 302 g/mol. The molecular weight excluding hydrogens is 289 g/mol. The van der Waals surface area contributed by atoms with Gasteiger partial charge in [0.25, 0.3) is 0 Å². The summed E-state index contributed by atoms with van der Waals surface area (Å²) < 4.78 is 18.6. The molecule has 0 spiro atoms. The molecule has 1 N–H and O–H groups in total. The Morgan fingerprint density at radius 2 is 1.62 bits per heavy atom. The van der Waals surface area contributed by atoms with E-state index in [1.54, 1.807) is 12.1 Å². The highest BCUT2D eigenvalue weighted by molar-refractivity contribution is 6.30. The molecule has 2 nitrogen and oxygen atoms in total. The molecule has 106 valence electrons. The van der Waals surface area contributed by atoms with Gasteiger partial charge in [0.1, 0.15) is 17.3 Å². The van der Waals surface area contributed by atoms with Crippen molar-refractivity contribution in [1.29, 1.82) is 0 Å². The summed E-state index contributed by atoms with van der Waals surface area (Å²) in [5.41, 5.74) is 1.83. The van der Waals surface area contributed by atoms with E-state index in [9.17, 15) is 4.39 Å². The Hall–Kier alpha value is -2.26. The predicted octanol–water partition coefficient (Wildman–Crippen LogP) is 5.35. The molecule has 0 bridgehead atoms. The largest absolute Gasteiger partial charge is 0.459 e. The summed E-state index contributed by atoms with van der Waals surface area (Å²) in [6.45, 7) is 0.541. The standard InChI is InChI=1S/C17H13ClFNO/c18-13-3-1-12(2-4-13)17-10-9-16(21-17)11-20-15-7-5-14(19)6-8-15/h1-10,20H,11H2. The smallest absolute Gasteiger partial charge is 0.134 e. The number of nitrogens with one attached hydrogen (secondary N) is 1. The maximum absolute atomic E-state index is 12.8. The monoisotopic (exact) mass is 301 g/mol. The van der Waals surface area contributed by atoms with Gasteiger partial charge in [-0.3, -0.25) is 0 Å². The Morgan fingerprint density at radius 3 is 2.33 bits per heavy atom.